The Morgan fingerprint density at radius 1 is 1.28 bits per heavy atom. The molecule has 2 N–H and O–H groups in total. The summed E-state index contributed by atoms with van der Waals surface area (Å²) in [6, 6.07) is 7.65. The van der Waals surface area contributed by atoms with E-state index in [4.69, 9.17) is 4.74 Å². The Labute approximate surface area is 144 Å². The fraction of sp³-hybridized carbons (Fsp3) is 0.158. The van der Waals surface area contributed by atoms with Crippen LogP contribution in [-0.2, 0) is 0 Å². The summed E-state index contributed by atoms with van der Waals surface area (Å²) in [5.41, 5.74) is 4.16. The van der Waals surface area contributed by atoms with Crippen molar-refractivity contribution in [2.45, 2.75) is 13.8 Å². The van der Waals surface area contributed by atoms with Crippen LogP contribution < -0.4 is 10.3 Å². The molecule has 0 atom stereocenters. The normalized spacial score (nSPS) is 11.1. The minimum atomic E-state index is -0.0838. The van der Waals surface area contributed by atoms with E-state index in [1.165, 1.54) is 0 Å². The van der Waals surface area contributed by atoms with Crippen molar-refractivity contribution in [3.05, 3.63) is 65.0 Å². The Balaban J connectivity index is 1.97. The zero-order valence-corrected chi connectivity index (χ0v) is 14.0. The second-order valence-electron chi connectivity index (χ2n) is 5.85. The van der Waals surface area contributed by atoms with Gasteiger partial charge in [0, 0.05) is 35.1 Å². The van der Waals surface area contributed by atoms with E-state index < -0.39 is 0 Å². The van der Waals surface area contributed by atoms with Crippen molar-refractivity contribution in [1.29, 1.82) is 0 Å². The molecule has 4 aromatic rings. The molecule has 0 aliphatic carbocycles. The van der Waals surface area contributed by atoms with Crippen molar-refractivity contribution in [3.63, 3.8) is 0 Å². The maximum atomic E-state index is 13.0. The molecule has 6 nitrogen and oxygen atoms in total. The van der Waals surface area contributed by atoms with Crippen molar-refractivity contribution in [3.8, 4) is 22.6 Å². The molecule has 1 aromatic carbocycles. The molecule has 0 bridgehead atoms. The topological polar surface area (TPSA) is 75.7 Å². The number of aromatic nitrogens is 4. The fourth-order valence-corrected chi connectivity index (χ4v) is 3.11. The number of hydrogen-bond donors (Lipinski definition) is 2. The monoisotopic (exact) mass is 334 g/mol. The lowest BCUT2D eigenvalue weighted by atomic mass is 10.1. The van der Waals surface area contributed by atoms with Crippen LogP contribution >= 0.6 is 0 Å². The molecule has 6 heteroatoms. The first-order valence-corrected chi connectivity index (χ1v) is 8.14. The van der Waals surface area contributed by atoms with Crippen LogP contribution in [0.4, 0.5) is 0 Å². The van der Waals surface area contributed by atoms with E-state index in [0.717, 1.165) is 33.5 Å². The van der Waals surface area contributed by atoms with E-state index >= 15 is 0 Å². The van der Waals surface area contributed by atoms with E-state index in [-0.39, 0.29) is 5.56 Å². The first-order chi connectivity index (χ1) is 12.2. The zero-order chi connectivity index (χ0) is 17.4. The summed E-state index contributed by atoms with van der Waals surface area (Å²) in [4.78, 5) is 16.0. The van der Waals surface area contributed by atoms with Gasteiger partial charge in [0.2, 0.25) is 0 Å². The van der Waals surface area contributed by atoms with Crippen LogP contribution in [0.1, 0.15) is 12.5 Å². The summed E-state index contributed by atoms with van der Waals surface area (Å²) in [6.45, 7) is 4.53. The number of nitrogens with zero attached hydrogens (tertiary/aromatic N) is 2. The molecule has 25 heavy (non-hydrogen) atoms. The first-order valence-electron chi connectivity index (χ1n) is 8.14. The second kappa shape index (κ2) is 5.98. The molecule has 0 aliphatic heterocycles. The molecule has 3 aromatic heterocycles. The summed E-state index contributed by atoms with van der Waals surface area (Å²) in [5, 5.41) is 7.73. The van der Waals surface area contributed by atoms with Crippen LogP contribution in [0.25, 0.3) is 27.7 Å². The second-order valence-corrected chi connectivity index (χ2v) is 5.85. The first kappa shape index (κ1) is 15.3. The van der Waals surface area contributed by atoms with Crippen LogP contribution in [0.15, 0.2) is 53.8 Å². The smallest absolute Gasteiger partial charge is 0.279 e. The number of aromatic amines is 2. The number of hydrogen-bond acceptors (Lipinski definition) is 3. The number of H-pyrrole nitrogens is 2. The molecule has 0 spiro atoms. The predicted octanol–water partition coefficient (Wildman–Crippen LogP) is 3.42. The van der Waals surface area contributed by atoms with Gasteiger partial charge in [0.25, 0.3) is 5.56 Å². The lowest BCUT2D eigenvalue weighted by molar-refractivity contribution is 0.340. The average Bonchev–Trinajstić information content (AvgIpc) is 3.28. The Morgan fingerprint density at radius 3 is 2.88 bits per heavy atom. The van der Waals surface area contributed by atoms with Gasteiger partial charge in [0.1, 0.15) is 11.3 Å². The number of fused-ring (bicyclic) bond motifs is 1. The van der Waals surface area contributed by atoms with Crippen molar-refractivity contribution in [2.75, 3.05) is 6.61 Å². The molecular formula is C19H18N4O2. The number of pyridine rings is 1. The van der Waals surface area contributed by atoms with Gasteiger partial charge in [-0.15, -0.1) is 0 Å². The average molecular weight is 334 g/mol. The van der Waals surface area contributed by atoms with Crippen molar-refractivity contribution in [1.82, 2.24) is 19.7 Å². The van der Waals surface area contributed by atoms with Crippen LogP contribution in [-0.4, -0.2) is 26.4 Å². The third-order valence-electron chi connectivity index (χ3n) is 4.28. The molecule has 0 amide bonds. The number of ether oxygens (including phenoxy) is 1. The molecule has 126 valence electrons. The highest BCUT2D eigenvalue weighted by molar-refractivity contribution is 5.94. The maximum absolute atomic E-state index is 13.0. The minimum Gasteiger partial charge on any atom is -0.494 e. The number of nitrogens with one attached hydrogen (secondary N) is 2. The maximum Gasteiger partial charge on any atom is 0.279 e. The number of benzene rings is 1. The Bertz CT molecular complexity index is 1090. The molecule has 0 saturated heterocycles. The largest absolute Gasteiger partial charge is 0.494 e. The van der Waals surface area contributed by atoms with Crippen LogP contribution in [0.5, 0.6) is 5.75 Å². The van der Waals surface area contributed by atoms with Crippen LogP contribution in [0, 0.1) is 6.92 Å². The zero-order valence-electron chi connectivity index (χ0n) is 14.0. The van der Waals surface area contributed by atoms with Crippen LogP contribution in [0.2, 0.25) is 0 Å². The molecular weight excluding hydrogens is 316 g/mol. The van der Waals surface area contributed by atoms with Gasteiger partial charge in [-0.05, 0) is 43.7 Å². The molecule has 0 fully saturated rings. The van der Waals surface area contributed by atoms with E-state index in [0.29, 0.717) is 12.1 Å². The summed E-state index contributed by atoms with van der Waals surface area (Å²) in [5.74, 6) is 0.799. The summed E-state index contributed by atoms with van der Waals surface area (Å²) >= 11 is 0. The van der Waals surface area contributed by atoms with Gasteiger partial charge in [0.05, 0.1) is 18.5 Å². The number of rotatable bonds is 4. The highest BCUT2D eigenvalue weighted by Crippen LogP contribution is 2.28. The van der Waals surface area contributed by atoms with Gasteiger partial charge in [-0.1, -0.05) is 0 Å². The SMILES string of the molecule is CCOc1ccc(-n2cc(-c3cn[nH]c3)c3cc[nH]c3c2=O)c(C)c1. The van der Waals surface area contributed by atoms with Gasteiger partial charge in [-0.2, -0.15) is 5.10 Å². The quantitative estimate of drug-likeness (QED) is 0.600. The lowest BCUT2D eigenvalue weighted by Gasteiger charge is -2.13. The molecule has 4 rings (SSSR count). The van der Waals surface area contributed by atoms with Crippen LogP contribution in [0.3, 0.4) is 0 Å². The summed E-state index contributed by atoms with van der Waals surface area (Å²) in [7, 11) is 0. The molecule has 0 saturated carbocycles. The van der Waals surface area contributed by atoms with Gasteiger partial charge in [-0.25, -0.2) is 0 Å². The third kappa shape index (κ3) is 2.52. The fourth-order valence-electron chi connectivity index (χ4n) is 3.11. The number of aryl methyl sites for hydroxylation is 1. The van der Waals surface area contributed by atoms with E-state index in [1.807, 2.05) is 50.5 Å². The van der Waals surface area contributed by atoms with E-state index in [1.54, 1.807) is 17.0 Å². The van der Waals surface area contributed by atoms with E-state index in [9.17, 15) is 4.79 Å². The standard InChI is InChI=1S/C19H18N4O2/c1-3-25-14-4-5-17(12(2)8-14)23-11-16(13-9-21-22-10-13)15-6-7-20-18(15)19(23)24/h4-11,20H,3H2,1-2H3,(H,21,22). The summed E-state index contributed by atoms with van der Waals surface area (Å²) < 4.78 is 7.22. The van der Waals surface area contributed by atoms with Crippen molar-refractivity contribution in [2.24, 2.45) is 0 Å². The molecule has 0 radical (unpaired) electrons. The molecule has 0 aliphatic rings. The van der Waals surface area contributed by atoms with Gasteiger partial charge >= 0.3 is 0 Å². The highest BCUT2D eigenvalue weighted by Gasteiger charge is 2.14. The molecule has 0 unspecified atom stereocenters. The predicted molar refractivity (Wildman–Crippen MR) is 97.4 cm³/mol. The van der Waals surface area contributed by atoms with E-state index in [2.05, 4.69) is 15.2 Å². The summed E-state index contributed by atoms with van der Waals surface area (Å²) in [6.07, 6.45) is 7.22. The Hall–Kier alpha value is -3.28. The highest BCUT2D eigenvalue weighted by atomic mass is 16.5. The van der Waals surface area contributed by atoms with Gasteiger partial charge in [-0.3, -0.25) is 14.5 Å². The Morgan fingerprint density at radius 2 is 2.16 bits per heavy atom. The third-order valence-corrected chi connectivity index (χ3v) is 4.28. The lowest BCUT2D eigenvalue weighted by Crippen LogP contribution is -2.19. The molecule has 3 heterocycles. The van der Waals surface area contributed by atoms with Crippen molar-refractivity contribution < 1.29 is 4.74 Å². The van der Waals surface area contributed by atoms with Crippen molar-refractivity contribution >= 4 is 10.9 Å². The minimum absolute atomic E-state index is 0.0838. The van der Waals surface area contributed by atoms with Gasteiger partial charge < -0.3 is 9.72 Å². The van der Waals surface area contributed by atoms with Gasteiger partial charge in [0.15, 0.2) is 0 Å². The Kier molecular flexibility index (Phi) is 3.65.